The molecule has 3 nitrogen and oxygen atoms in total. The predicted molar refractivity (Wildman–Crippen MR) is 91.8 cm³/mol. The van der Waals surface area contributed by atoms with Gasteiger partial charge in [-0.15, -0.1) is 0 Å². The van der Waals surface area contributed by atoms with Gasteiger partial charge in [-0.25, -0.2) is 0 Å². The van der Waals surface area contributed by atoms with Crippen molar-refractivity contribution in [3.05, 3.63) is 41.1 Å². The van der Waals surface area contributed by atoms with Crippen LogP contribution in [0.4, 0.5) is 13.2 Å². The number of Topliss-reactive ketones (excluding diaryl/α,β-unsaturated/α-hetero) is 1. The summed E-state index contributed by atoms with van der Waals surface area (Å²) in [6.45, 7) is 1.98. The number of rotatable bonds is 6. The van der Waals surface area contributed by atoms with E-state index < -0.39 is 11.7 Å². The van der Waals surface area contributed by atoms with E-state index in [1.54, 1.807) is 0 Å². The Labute approximate surface area is 150 Å². The Morgan fingerprint density at radius 2 is 1.85 bits per heavy atom. The number of alkyl halides is 3. The molecule has 0 aliphatic heterocycles. The maximum absolute atomic E-state index is 12.7. The summed E-state index contributed by atoms with van der Waals surface area (Å²) in [6.07, 6.45) is 1.94. The fraction of sp³-hybridized carbons (Fsp3) is 0.500. The van der Waals surface area contributed by atoms with Gasteiger partial charge in [-0.1, -0.05) is 56.3 Å². The minimum absolute atomic E-state index is 0.0257. The summed E-state index contributed by atoms with van der Waals surface area (Å²) in [5, 5.41) is 3.98. The number of halogens is 3. The van der Waals surface area contributed by atoms with E-state index in [0.717, 1.165) is 44.2 Å². The van der Waals surface area contributed by atoms with Crippen molar-refractivity contribution >= 4 is 5.78 Å². The molecule has 1 heterocycles. The zero-order valence-corrected chi connectivity index (χ0v) is 14.7. The minimum atomic E-state index is -4.38. The standard InChI is InChI=1S/C20H22F3NO2/c1-2-5-16-18(17(25)12-13-6-3-4-7-13)24-26-19(16)14-8-10-15(11-9-14)20(21,22)23/h8-11,13H,2-7,12H2,1H3. The number of carbonyl (C=O) groups is 1. The zero-order valence-electron chi connectivity index (χ0n) is 14.7. The summed E-state index contributed by atoms with van der Waals surface area (Å²) < 4.78 is 43.6. The molecular formula is C20H22F3NO2. The molecule has 6 heteroatoms. The fourth-order valence-corrected chi connectivity index (χ4v) is 3.62. The number of ketones is 1. The normalized spacial score (nSPS) is 15.5. The maximum Gasteiger partial charge on any atom is 0.416 e. The number of nitrogens with zero attached hydrogens (tertiary/aromatic N) is 1. The lowest BCUT2D eigenvalue weighted by Gasteiger charge is -2.08. The molecule has 1 saturated carbocycles. The Balaban J connectivity index is 1.87. The van der Waals surface area contributed by atoms with Crippen LogP contribution in [0.3, 0.4) is 0 Å². The van der Waals surface area contributed by atoms with Crippen molar-refractivity contribution in [1.82, 2.24) is 5.16 Å². The first kappa shape index (κ1) is 18.7. The van der Waals surface area contributed by atoms with E-state index in [2.05, 4.69) is 5.16 Å². The summed E-state index contributed by atoms with van der Waals surface area (Å²) in [5.74, 6) is 0.779. The Bertz CT molecular complexity index is 756. The molecule has 3 rings (SSSR count). The molecule has 26 heavy (non-hydrogen) atoms. The Hall–Kier alpha value is -2.11. The van der Waals surface area contributed by atoms with E-state index in [1.165, 1.54) is 12.1 Å². The molecule has 0 bridgehead atoms. The number of benzene rings is 1. The molecule has 1 fully saturated rings. The van der Waals surface area contributed by atoms with Crippen molar-refractivity contribution in [3.8, 4) is 11.3 Å². The van der Waals surface area contributed by atoms with Crippen LogP contribution >= 0.6 is 0 Å². The number of hydrogen-bond donors (Lipinski definition) is 0. The lowest BCUT2D eigenvalue weighted by Crippen LogP contribution is -2.09. The highest BCUT2D eigenvalue weighted by Crippen LogP contribution is 2.34. The topological polar surface area (TPSA) is 43.1 Å². The second-order valence-electron chi connectivity index (χ2n) is 6.94. The van der Waals surface area contributed by atoms with Gasteiger partial charge in [0.2, 0.25) is 0 Å². The van der Waals surface area contributed by atoms with Crippen LogP contribution in [0.15, 0.2) is 28.8 Å². The van der Waals surface area contributed by atoms with Gasteiger partial charge in [-0.05, 0) is 24.5 Å². The summed E-state index contributed by atoms with van der Waals surface area (Å²) >= 11 is 0. The van der Waals surface area contributed by atoms with Crippen LogP contribution in [-0.4, -0.2) is 10.9 Å². The van der Waals surface area contributed by atoms with E-state index in [1.807, 2.05) is 6.92 Å². The molecule has 2 aromatic rings. The highest BCUT2D eigenvalue weighted by atomic mass is 19.4. The lowest BCUT2D eigenvalue weighted by atomic mass is 9.95. The Morgan fingerprint density at radius 1 is 1.19 bits per heavy atom. The third-order valence-electron chi connectivity index (χ3n) is 4.98. The summed E-state index contributed by atoms with van der Waals surface area (Å²) in [4.78, 5) is 12.7. The molecule has 1 aliphatic carbocycles. The molecule has 1 aliphatic rings. The van der Waals surface area contributed by atoms with E-state index in [9.17, 15) is 18.0 Å². The SMILES string of the molecule is CCCc1c(C(=O)CC2CCCC2)noc1-c1ccc(C(F)(F)F)cc1. The molecule has 0 amide bonds. The average molecular weight is 365 g/mol. The second kappa shape index (κ2) is 7.64. The van der Waals surface area contributed by atoms with E-state index in [0.29, 0.717) is 41.3 Å². The summed E-state index contributed by atoms with van der Waals surface area (Å²) in [5.41, 5.74) is 0.841. The maximum atomic E-state index is 12.7. The number of aromatic nitrogens is 1. The molecule has 0 N–H and O–H groups in total. The van der Waals surface area contributed by atoms with Gasteiger partial charge in [0.1, 0.15) is 0 Å². The molecular weight excluding hydrogens is 343 g/mol. The van der Waals surface area contributed by atoms with Gasteiger partial charge in [0.25, 0.3) is 0 Å². The van der Waals surface area contributed by atoms with Crippen molar-refractivity contribution in [3.63, 3.8) is 0 Å². The Kier molecular flexibility index (Phi) is 5.49. The van der Waals surface area contributed by atoms with Gasteiger partial charge >= 0.3 is 6.18 Å². The van der Waals surface area contributed by atoms with Crippen LogP contribution in [-0.2, 0) is 12.6 Å². The van der Waals surface area contributed by atoms with Crippen molar-refractivity contribution in [2.24, 2.45) is 5.92 Å². The van der Waals surface area contributed by atoms with Crippen LogP contribution in [0.5, 0.6) is 0 Å². The quantitative estimate of drug-likeness (QED) is 0.583. The first-order chi connectivity index (χ1) is 12.4. The molecule has 0 unspecified atom stereocenters. The second-order valence-corrected chi connectivity index (χ2v) is 6.94. The molecule has 0 atom stereocenters. The molecule has 0 saturated heterocycles. The van der Waals surface area contributed by atoms with E-state index in [4.69, 9.17) is 4.52 Å². The third kappa shape index (κ3) is 4.00. The molecule has 1 aromatic carbocycles. The van der Waals surface area contributed by atoms with E-state index in [-0.39, 0.29) is 5.78 Å². The van der Waals surface area contributed by atoms with Crippen LogP contribution < -0.4 is 0 Å². The first-order valence-electron chi connectivity index (χ1n) is 9.09. The fourth-order valence-electron chi connectivity index (χ4n) is 3.62. The third-order valence-corrected chi connectivity index (χ3v) is 4.98. The molecule has 0 spiro atoms. The van der Waals surface area contributed by atoms with Gasteiger partial charge in [-0.2, -0.15) is 13.2 Å². The lowest BCUT2D eigenvalue weighted by molar-refractivity contribution is -0.137. The molecule has 140 valence electrons. The summed E-state index contributed by atoms with van der Waals surface area (Å²) in [6, 6.07) is 4.78. The highest BCUT2D eigenvalue weighted by Gasteiger charge is 2.31. The number of carbonyl (C=O) groups excluding carboxylic acids is 1. The zero-order chi connectivity index (χ0) is 18.7. The van der Waals surface area contributed by atoms with Crippen LogP contribution in [0.25, 0.3) is 11.3 Å². The number of hydrogen-bond acceptors (Lipinski definition) is 3. The van der Waals surface area contributed by atoms with Crippen LogP contribution in [0.1, 0.15) is 67.1 Å². The van der Waals surface area contributed by atoms with Gasteiger partial charge in [0.05, 0.1) is 5.56 Å². The highest BCUT2D eigenvalue weighted by molar-refractivity contribution is 5.97. The van der Waals surface area contributed by atoms with Gasteiger partial charge in [-0.3, -0.25) is 4.79 Å². The van der Waals surface area contributed by atoms with Crippen molar-refractivity contribution in [1.29, 1.82) is 0 Å². The van der Waals surface area contributed by atoms with Crippen molar-refractivity contribution < 1.29 is 22.5 Å². The minimum Gasteiger partial charge on any atom is -0.355 e. The van der Waals surface area contributed by atoms with E-state index >= 15 is 0 Å². The molecule has 1 aromatic heterocycles. The largest absolute Gasteiger partial charge is 0.416 e. The van der Waals surface area contributed by atoms with Crippen molar-refractivity contribution in [2.75, 3.05) is 0 Å². The first-order valence-corrected chi connectivity index (χ1v) is 9.09. The van der Waals surface area contributed by atoms with Gasteiger partial charge in [0.15, 0.2) is 17.2 Å². The van der Waals surface area contributed by atoms with Crippen LogP contribution in [0, 0.1) is 5.92 Å². The monoisotopic (exact) mass is 365 g/mol. The van der Waals surface area contributed by atoms with Crippen LogP contribution in [0.2, 0.25) is 0 Å². The average Bonchev–Trinajstić information content (AvgIpc) is 3.24. The van der Waals surface area contributed by atoms with Gasteiger partial charge in [0, 0.05) is 17.5 Å². The Morgan fingerprint density at radius 3 is 2.42 bits per heavy atom. The van der Waals surface area contributed by atoms with Crippen molar-refractivity contribution in [2.45, 2.75) is 58.0 Å². The smallest absolute Gasteiger partial charge is 0.355 e. The predicted octanol–water partition coefficient (Wildman–Crippen LogP) is 6.08. The molecule has 0 radical (unpaired) electrons. The van der Waals surface area contributed by atoms with Gasteiger partial charge < -0.3 is 4.52 Å². The summed E-state index contributed by atoms with van der Waals surface area (Å²) in [7, 11) is 0.